The first-order chi connectivity index (χ1) is 16.4. The van der Waals surface area contributed by atoms with Gasteiger partial charge >= 0.3 is 0 Å². The van der Waals surface area contributed by atoms with Gasteiger partial charge in [0.05, 0.1) is 12.3 Å². The van der Waals surface area contributed by atoms with E-state index in [0.29, 0.717) is 23.4 Å². The van der Waals surface area contributed by atoms with Crippen molar-refractivity contribution in [2.45, 2.75) is 19.4 Å². The van der Waals surface area contributed by atoms with Crippen molar-refractivity contribution in [3.63, 3.8) is 0 Å². The van der Waals surface area contributed by atoms with E-state index in [9.17, 15) is 8.78 Å². The lowest BCUT2D eigenvalue weighted by Crippen LogP contribution is -2.40. The van der Waals surface area contributed by atoms with Crippen molar-refractivity contribution in [2.24, 2.45) is 15.9 Å². The zero-order valence-electron chi connectivity index (χ0n) is 19.3. The molecule has 2 aromatic rings. The molecule has 2 aromatic carbocycles. The molecule has 5 nitrogen and oxygen atoms in total. The number of hydrogen-bond donors (Lipinski definition) is 1. The summed E-state index contributed by atoms with van der Waals surface area (Å²) in [5.41, 5.74) is 6.44. The van der Waals surface area contributed by atoms with Gasteiger partial charge in [-0.25, -0.2) is 13.2 Å². The minimum Gasteiger partial charge on any atom is -0.357 e. The Labute approximate surface area is 201 Å². The van der Waals surface area contributed by atoms with Crippen LogP contribution in [0.15, 0.2) is 71.1 Å². The van der Waals surface area contributed by atoms with Crippen LogP contribution in [-0.4, -0.2) is 60.3 Å². The summed E-state index contributed by atoms with van der Waals surface area (Å²) in [6.45, 7) is 6.37. The second kappa shape index (κ2) is 12.0. The van der Waals surface area contributed by atoms with Crippen molar-refractivity contribution in [1.29, 1.82) is 0 Å². The smallest absolute Gasteiger partial charge is 0.278 e. The van der Waals surface area contributed by atoms with Crippen LogP contribution in [0.1, 0.15) is 17.5 Å². The van der Waals surface area contributed by atoms with Crippen LogP contribution in [0.2, 0.25) is 0 Å². The average Bonchev–Trinajstić information content (AvgIpc) is 3.36. The highest BCUT2D eigenvalue weighted by Crippen LogP contribution is 2.27. The van der Waals surface area contributed by atoms with Gasteiger partial charge in [-0.1, -0.05) is 42.8 Å². The van der Waals surface area contributed by atoms with E-state index in [1.807, 2.05) is 35.2 Å². The molecular weight excluding hydrogens is 459 g/mol. The molecule has 4 rings (SSSR count). The first-order valence-electron chi connectivity index (χ1n) is 10.9. The summed E-state index contributed by atoms with van der Waals surface area (Å²) >= 11 is 0. The number of benzene rings is 2. The molecule has 2 N–H and O–H groups in total. The largest absolute Gasteiger partial charge is 0.357 e. The normalized spacial score (nSPS) is 16.0. The molecule has 34 heavy (non-hydrogen) atoms. The van der Waals surface area contributed by atoms with E-state index < -0.39 is 12.2 Å². The molecule has 0 atom stereocenters. The van der Waals surface area contributed by atoms with Gasteiger partial charge in [0.15, 0.2) is 0 Å². The van der Waals surface area contributed by atoms with E-state index in [1.165, 1.54) is 13.1 Å². The van der Waals surface area contributed by atoms with Crippen molar-refractivity contribution in [3.05, 3.63) is 77.9 Å². The van der Waals surface area contributed by atoms with Gasteiger partial charge in [0.1, 0.15) is 17.3 Å². The monoisotopic (exact) mass is 489 g/mol. The number of nitrogens with zero attached hydrogens (tertiary/aromatic N) is 4. The van der Waals surface area contributed by atoms with Gasteiger partial charge < -0.3 is 15.5 Å². The van der Waals surface area contributed by atoms with Gasteiger partial charge in [-0.2, -0.15) is 20.7 Å². The number of anilines is 1. The Balaban J connectivity index is 0.00000158. The van der Waals surface area contributed by atoms with Crippen LogP contribution >= 0.6 is 10.5 Å². The topological polar surface area (TPSA) is 57.2 Å². The van der Waals surface area contributed by atoms with Gasteiger partial charge in [-0.15, -0.1) is 0 Å². The fourth-order valence-corrected chi connectivity index (χ4v) is 4.89. The van der Waals surface area contributed by atoms with Crippen LogP contribution in [0.3, 0.4) is 0 Å². The van der Waals surface area contributed by atoms with Gasteiger partial charge in [0.25, 0.3) is 6.43 Å². The highest BCUT2D eigenvalue weighted by Gasteiger charge is 2.24. The molecular formula is C25H30F3N5S. The molecule has 2 aliphatic heterocycles. The van der Waals surface area contributed by atoms with E-state index in [0.717, 1.165) is 36.1 Å². The Bertz CT molecular complexity index is 1080. The van der Waals surface area contributed by atoms with Crippen molar-refractivity contribution in [3.8, 4) is 0 Å². The Morgan fingerprint density at radius 2 is 1.79 bits per heavy atom. The van der Waals surface area contributed by atoms with Gasteiger partial charge in [0, 0.05) is 47.8 Å². The maximum Gasteiger partial charge on any atom is 0.278 e. The SMILES string of the molecule is C=C(N1CCS(=C)CC1)N(Cc1ccc(C2=NN=C(C(F)F)C2)cc1F)c1ccccc1.CN. The minimum atomic E-state index is -2.65. The van der Waals surface area contributed by atoms with Crippen LogP contribution < -0.4 is 10.6 Å². The van der Waals surface area contributed by atoms with Crippen molar-refractivity contribution >= 4 is 33.5 Å². The Hall–Kier alpha value is -2.91. The maximum atomic E-state index is 15.1. The predicted molar refractivity (Wildman–Crippen MR) is 139 cm³/mol. The third kappa shape index (κ3) is 6.15. The number of alkyl halides is 2. The second-order valence-corrected chi connectivity index (χ2v) is 9.81. The van der Waals surface area contributed by atoms with Crippen LogP contribution in [0, 0.1) is 5.82 Å². The molecule has 1 fully saturated rings. The summed E-state index contributed by atoms with van der Waals surface area (Å²) in [6.07, 6.45) is -2.72. The summed E-state index contributed by atoms with van der Waals surface area (Å²) < 4.78 is 40.7. The molecule has 182 valence electrons. The molecule has 2 heterocycles. The summed E-state index contributed by atoms with van der Waals surface area (Å²) in [4.78, 5) is 4.24. The van der Waals surface area contributed by atoms with Crippen molar-refractivity contribution < 1.29 is 13.2 Å². The van der Waals surface area contributed by atoms with Crippen LogP contribution in [0.4, 0.5) is 18.9 Å². The van der Waals surface area contributed by atoms with Crippen LogP contribution in [0.25, 0.3) is 0 Å². The lowest BCUT2D eigenvalue weighted by Gasteiger charge is -2.38. The Kier molecular flexibility index (Phi) is 9.06. The molecule has 0 amide bonds. The zero-order valence-corrected chi connectivity index (χ0v) is 20.1. The Morgan fingerprint density at radius 1 is 1.12 bits per heavy atom. The van der Waals surface area contributed by atoms with E-state index >= 15 is 4.39 Å². The summed E-state index contributed by atoms with van der Waals surface area (Å²) in [5, 5.41) is 7.32. The van der Waals surface area contributed by atoms with Crippen molar-refractivity contribution in [2.75, 3.05) is 36.5 Å². The summed E-state index contributed by atoms with van der Waals surface area (Å²) in [6, 6.07) is 14.5. The van der Waals surface area contributed by atoms with E-state index in [-0.39, 0.29) is 22.6 Å². The van der Waals surface area contributed by atoms with E-state index in [1.54, 1.807) is 12.1 Å². The zero-order chi connectivity index (χ0) is 24.7. The molecule has 0 unspecified atom stereocenters. The van der Waals surface area contributed by atoms with Crippen molar-refractivity contribution in [1.82, 2.24) is 4.90 Å². The highest BCUT2D eigenvalue weighted by atomic mass is 32.2. The van der Waals surface area contributed by atoms with Gasteiger partial charge in [-0.05, 0) is 25.2 Å². The third-order valence-corrected chi connectivity index (χ3v) is 7.18. The maximum absolute atomic E-state index is 15.1. The van der Waals surface area contributed by atoms with E-state index in [4.69, 9.17) is 0 Å². The fraction of sp³-hybridized carbons (Fsp3) is 0.320. The number of nitrogens with two attached hydrogens (primary N) is 1. The third-order valence-electron chi connectivity index (χ3n) is 5.66. The van der Waals surface area contributed by atoms with E-state index in [2.05, 4.69) is 33.3 Å². The average molecular weight is 490 g/mol. The molecule has 0 spiro atoms. The summed E-state index contributed by atoms with van der Waals surface area (Å²) in [7, 11) is 1.68. The lowest BCUT2D eigenvalue weighted by atomic mass is 10.0. The van der Waals surface area contributed by atoms with Gasteiger partial charge in [-0.3, -0.25) is 0 Å². The van der Waals surface area contributed by atoms with Crippen LogP contribution in [0.5, 0.6) is 0 Å². The number of para-hydroxylation sites is 1. The second-order valence-electron chi connectivity index (χ2n) is 7.77. The minimum absolute atomic E-state index is 0.0632. The fourth-order valence-electron chi connectivity index (χ4n) is 3.73. The van der Waals surface area contributed by atoms with Crippen LogP contribution in [-0.2, 0) is 6.54 Å². The lowest BCUT2D eigenvalue weighted by molar-refractivity contribution is 0.224. The molecule has 0 bridgehead atoms. The summed E-state index contributed by atoms with van der Waals surface area (Å²) in [5.74, 6) is 6.64. The Morgan fingerprint density at radius 3 is 2.38 bits per heavy atom. The predicted octanol–water partition coefficient (Wildman–Crippen LogP) is 4.71. The number of rotatable bonds is 7. The quantitative estimate of drug-likeness (QED) is 0.573. The standard InChI is InChI=1S/C24H25F3N4S.CH5N/c1-17(30-10-12-32(2)13-11-30)31(20-6-4-3-5-7-20)16-19-9-8-18(14-21(19)25)22-15-23(24(26)27)29-28-22;1-2/h3-9,14,24H,1-2,10-13,15-16H2;2H2,1H3. The molecule has 0 radical (unpaired) electrons. The molecule has 9 heteroatoms. The molecule has 2 aliphatic rings. The molecule has 1 saturated heterocycles. The first-order valence-corrected chi connectivity index (χ1v) is 12.7. The number of halogens is 3. The molecule has 0 aliphatic carbocycles. The first kappa shape index (κ1) is 25.7. The molecule has 0 saturated carbocycles. The number of hydrogen-bond acceptors (Lipinski definition) is 5. The highest BCUT2D eigenvalue weighted by molar-refractivity contribution is 8.14. The van der Waals surface area contributed by atoms with Gasteiger partial charge in [0.2, 0.25) is 0 Å². The molecule has 0 aromatic heterocycles.